The van der Waals surface area contributed by atoms with Gasteiger partial charge in [0.05, 0.1) is 11.6 Å². The number of halogens is 1. The van der Waals surface area contributed by atoms with E-state index in [1.54, 1.807) is 4.68 Å². The van der Waals surface area contributed by atoms with E-state index in [2.05, 4.69) is 20.5 Å². The average Bonchev–Trinajstić information content (AvgIpc) is 3.12. The molecule has 1 fully saturated rings. The van der Waals surface area contributed by atoms with E-state index in [1.807, 2.05) is 0 Å². The molecule has 98 valence electrons. The molecule has 0 aromatic carbocycles. The van der Waals surface area contributed by atoms with Crippen LogP contribution in [0.25, 0.3) is 0 Å². The van der Waals surface area contributed by atoms with E-state index in [-0.39, 0.29) is 11.1 Å². The van der Waals surface area contributed by atoms with Crippen LogP contribution in [0.2, 0.25) is 0 Å². The van der Waals surface area contributed by atoms with Crippen molar-refractivity contribution in [3.63, 3.8) is 0 Å². The highest BCUT2D eigenvalue weighted by Crippen LogP contribution is 2.38. The van der Waals surface area contributed by atoms with Crippen molar-refractivity contribution >= 4 is 17.7 Å². The summed E-state index contributed by atoms with van der Waals surface area (Å²) in [6.45, 7) is 0. The molecule has 19 heavy (non-hydrogen) atoms. The van der Waals surface area contributed by atoms with Gasteiger partial charge in [-0.3, -0.25) is 0 Å². The summed E-state index contributed by atoms with van der Waals surface area (Å²) < 4.78 is 15.5. The third-order valence-corrected chi connectivity index (χ3v) is 3.56. The van der Waals surface area contributed by atoms with Gasteiger partial charge in [-0.05, 0) is 41.1 Å². The molecule has 2 aromatic heterocycles. The van der Waals surface area contributed by atoms with Gasteiger partial charge in [0.2, 0.25) is 5.16 Å². The Hall–Kier alpha value is -2.03. The molecular formula is C10H8FN5O2S. The van der Waals surface area contributed by atoms with Crippen molar-refractivity contribution in [3.8, 4) is 0 Å². The number of hydrogen-bond acceptors (Lipinski definition) is 6. The second kappa shape index (κ2) is 4.57. The highest BCUT2D eigenvalue weighted by molar-refractivity contribution is 7.99. The second-order valence-corrected chi connectivity index (χ2v) is 4.98. The predicted molar refractivity (Wildman–Crippen MR) is 61.4 cm³/mol. The van der Waals surface area contributed by atoms with E-state index in [9.17, 15) is 9.18 Å². The van der Waals surface area contributed by atoms with Crippen LogP contribution >= 0.6 is 11.8 Å². The minimum atomic E-state index is -1.33. The van der Waals surface area contributed by atoms with Crippen molar-refractivity contribution in [1.29, 1.82) is 0 Å². The first-order valence-electron chi connectivity index (χ1n) is 5.50. The molecule has 0 bridgehead atoms. The summed E-state index contributed by atoms with van der Waals surface area (Å²) >= 11 is 0.925. The Labute approximate surface area is 110 Å². The number of rotatable bonds is 4. The number of hydrogen-bond donors (Lipinski definition) is 1. The molecule has 1 aliphatic carbocycles. The number of carboxylic acids is 1. The first kappa shape index (κ1) is 12.0. The van der Waals surface area contributed by atoms with Crippen LogP contribution in [0.15, 0.2) is 22.4 Å². The molecule has 0 radical (unpaired) electrons. The first-order chi connectivity index (χ1) is 9.16. The summed E-state index contributed by atoms with van der Waals surface area (Å²) in [5.74, 6) is -2.20. The maximum atomic E-state index is 13.9. The number of carboxylic acid groups (broad SMARTS) is 1. The van der Waals surface area contributed by atoms with Gasteiger partial charge in [0.15, 0.2) is 5.82 Å². The first-order valence-corrected chi connectivity index (χ1v) is 6.32. The second-order valence-electron chi connectivity index (χ2n) is 4.02. The van der Waals surface area contributed by atoms with Crippen molar-refractivity contribution < 1.29 is 14.3 Å². The van der Waals surface area contributed by atoms with Gasteiger partial charge < -0.3 is 5.11 Å². The Kier molecular flexibility index (Phi) is 2.90. The lowest BCUT2D eigenvalue weighted by Gasteiger charge is -2.04. The maximum absolute atomic E-state index is 13.9. The Bertz CT molecular complexity index is 643. The highest BCUT2D eigenvalue weighted by atomic mass is 32.2. The van der Waals surface area contributed by atoms with Crippen LogP contribution in [0.1, 0.15) is 29.2 Å². The summed E-state index contributed by atoms with van der Waals surface area (Å²) in [5.41, 5.74) is -0.414. The highest BCUT2D eigenvalue weighted by Gasteiger charge is 2.29. The third kappa shape index (κ3) is 2.28. The number of carbonyl (C=O) groups is 1. The molecule has 0 aliphatic heterocycles. The van der Waals surface area contributed by atoms with Gasteiger partial charge in [-0.15, -0.1) is 5.10 Å². The molecule has 1 saturated carbocycles. The Morgan fingerprint density at radius 2 is 2.32 bits per heavy atom. The summed E-state index contributed by atoms with van der Waals surface area (Å²) in [4.78, 5) is 14.7. The minimum absolute atomic E-state index is 0.0448. The predicted octanol–water partition coefficient (Wildman–Crippen LogP) is 1.39. The Morgan fingerprint density at radius 1 is 1.53 bits per heavy atom. The molecule has 3 rings (SSSR count). The molecular weight excluding hydrogens is 273 g/mol. The van der Waals surface area contributed by atoms with Gasteiger partial charge in [-0.25, -0.2) is 18.9 Å². The molecule has 0 amide bonds. The number of nitrogens with zero attached hydrogens (tertiary/aromatic N) is 5. The van der Waals surface area contributed by atoms with Gasteiger partial charge >= 0.3 is 5.97 Å². The molecule has 0 atom stereocenters. The van der Waals surface area contributed by atoms with Crippen LogP contribution in [0.3, 0.4) is 0 Å². The smallest absolute Gasteiger partial charge is 0.338 e. The van der Waals surface area contributed by atoms with Crippen LogP contribution in [-0.4, -0.2) is 36.3 Å². The molecule has 1 aliphatic rings. The fraction of sp³-hybridized carbons (Fsp3) is 0.300. The van der Waals surface area contributed by atoms with Crippen LogP contribution in [0.4, 0.5) is 4.39 Å². The number of pyridine rings is 1. The lowest BCUT2D eigenvalue weighted by atomic mass is 10.3. The topological polar surface area (TPSA) is 93.8 Å². The summed E-state index contributed by atoms with van der Waals surface area (Å²) in [6, 6.07) is 1.37. The molecule has 2 aromatic rings. The average molecular weight is 281 g/mol. The lowest BCUT2D eigenvalue weighted by molar-refractivity contribution is 0.0691. The van der Waals surface area contributed by atoms with Crippen molar-refractivity contribution in [1.82, 2.24) is 25.2 Å². The minimum Gasteiger partial charge on any atom is -0.478 e. The Morgan fingerprint density at radius 3 is 3.00 bits per heavy atom. The van der Waals surface area contributed by atoms with Crippen LogP contribution in [0.5, 0.6) is 0 Å². The van der Waals surface area contributed by atoms with Gasteiger partial charge in [-0.2, -0.15) is 0 Å². The van der Waals surface area contributed by atoms with Crippen molar-refractivity contribution in [2.24, 2.45) is 0 Å². The molecule has 9 heteroatoms. The number of tetrazole rings is 1. The molecule has 7 nitrogen and oxygen atoms in total. The van der Waals surface area contributed by atoms with Crippen molar-refractivity contribution in [2.75, 3.05) is 0 Å². The summed E-state index contributed by atoms with van der Waals surface area (Å²) in [6.07, 6.45) is 3.23. The molecule has 0 saturated heterocycles. The standard InChI is InChI=1S/C10H8FN5O2S/c11-7-6(9(17)18)3-4-12-8(7)19-10-13-14-15-16(10)5-1-2-5/h3-5H,1-2H2,(H,17,18). The van der Waals surface area contributed by atoms with Crippen LogP contribution < -0.4 is 0 Å². The van der Waals surface area contributed by atoms with Gasteiger partial charge in [0.1, 0.15) is 5.03 Å². The summed E-state index contributed by atoms with van der Waals surface area (Å²) in [5, 5.41) is 20.4. The Balaban J connectivity index is 1.92. The van der Waals surface area contributed by atoms with E-state index in [1.165, 1.54) is 6.20 Å². The summed E-state index contributed by atoms with van der Waals surface area (Å²) in [7, 11) is 0. The zero-order valence-corrected chi connectivity index (χ0v) is 10.3. The normalized spacial score (nSPS) is 14.6. The fourth-order valence-electron chi connectivity index (χ4n) is 1.55. The van der Waals surface area contributed by atoms with Crippen molar-refractivity contribution in [3.05, 3.63) is 23.6 Å². The fourth-order valence-corrected chi connectivity index (χ4v) is 2.39. The van der Waals surface area contributed by atoms with E-state index < -0.39 is 17.3 Å². The zero-order chi connectivity index (χ0) is 13.4. The third-order valence-electron chi connectivity index (χ3n) is 2.63. The quantitative estimate of drug-likeness (QED) is 0.904. The van der Waals surface area contributed by atoms with Crippen LogP contribution in [0, 0.1) is 5.82 Å². The number of aromatic carboxylic acids is 1. The molecule has 1 N–H and O–H groups in total. The largest absolute Gasteiger partial charge is 0.478 e. The molecule has 2 heterocycles. The molecule has 0 spiro atoms. The van der Waals surface area contributed by atoms with Crippen LogP contribution in [-0.2, 0) is 0 Å². The van der Waals surface area contributed by atoms with Crippen molar-refractivity contribution in [2.45, 2.75) is 29.1 Å². The van der Waals surface area contributed by atoms with Gasteiger partial charge in [0.25, 0.3) is 0 Å². The lowest BCUT2D eigenvalue weighted by Crippen LogP contribution is -2.04. The van der Waals surface area contributed by atoms with Gasteiger partial charge in [0, 0.05) is 6.20 Å². The zero-order valence-electron chi connectivity index (χ0n) is 9.52. The monoisotopic (exact) mass is 281 g/mol. The van der Waals surface area contributed by atoms with E-state index in [0.29, 0.717) is 5.16 Å². The van der Waals surface area contributed by atoms with E-state index in [0.717, 1.165) is 30.7 Å². The SMILES string of the molecule is O=C(O)c1ccnc(Sc2nnnn2C2CC2)c1F. The maximum Gasteiger partial charge on any atom is 0.338 e. The van der Waals surface area contributed by atoms with Gasteiger partial charge in [-0.1, -0.05) is 0 Å². The van der Waals surface area contributed by atoms with E-state index in [4.69, 9.17) is 5.11 Å². The number of aromatic nitrogens is 5. The van der Waals surface area contributed by atoms with E-state index >= 15 is 0 Å². The molecule has 0 unspecified atom stereocenters.